The van der Waals surface area contributed by atoms with Crippen molar-refractivity contribution in [3.05, 3.63) is 38.9 Å². The fourth-order valence-corrected chi connectivity index (χ4v) is 4.94. The first-order valence-corrected chi connectivity index (χ1v) is 10.4. The van der Waals surface area contributed by atoms with Gasteiger partial charge in [-0.25, -0.2) is 4.98 Å². The summed E-state index contributed by atoms with van der Waals surface area (Å²) in [5, 5.41) is 2.90. The van der Waals surface area contributed by atoms with Crippen LogP contribution in [0.3, 0.4) is 0 Å². The lowest BCUT2D eigenvalue weighted by Crippen LogP contribution is -2.32. The number of rotatable bonds is 5. The van der Waals surface area contributed by atoms with Gasteiger partial charge >= 0.3 is 0 Å². The molecule has 1 aliphatic rings. The number of nitrogens with one attached hydrogen (secondary N) is 2. The number of thioether (sulfide) groups is 1. The zero-order valence-electron chi connectivity index (χ0n) is 15.7. The van der Waals surface area contributed by atoms with Crippen LogP contribution in [0.1, 0.15) is 52.4 Å². The Hall–Kier alpha value is -2.46. The highest BCUT2D eigenvalue weighted by Gasteiger charge is 2.32. The number of Topliss-reactive ketones (excluding diaryl/α,β-unsaturated/α-hetero) is 1. The van der Waals surface area contributed by atoms with Crippen LogP contribution in [0.15, 0.2) is 15.1 Å². The van der Waals surface area contributed by atoms with Crippen molar-refractivity contribution in [1.82, 2.24) is 9.97 Å². The number of hydrogen-bond donors (Lipinski definition) is 3. The largest absolute Gasteiger partial charge is 0.369 e. The van der Waals surface area contributed by atoms with Crippen molar-refractivity contribution in [1.29, 1.82) is 0 Å². The number of carbonyl (C=O) groups excluding carboxylic acids is 3. The van der Waals surface area contributed by atoms with E-state index in [1.54, 1.807) is 6.92 Å². The zero-order chi connectivity index (χ0) is 20.6. The quantitative estimate of drug-likeness (QED) is 0.634. The van der Waals surface area contributed by atoms with Gasteiger partial charge in [0.15, 0.2) is 10.9 Å². The molecule has 2 amide bonds. The van der Waals surface area contributed by atoms with Crippen LogP contribution in [-0.2, 0) is 11.2 Å². The van der Waals surface area contributed by atoms with Gasteiger partial charge in [-0.05, 0) is 24.8 Å². The maximum Gasteiger partial charge on any atom is 0.263 e. The van der Waals surface area contributed by atoms with Crippen LogP contribution in [0.5, 0.6) is 0 Å². The van der Waals surface area contributed by atoms with Gasteiger partial charge in [0.05, 0.1) is 15.7 Å². The summed E-state index contributed by atoms with van der Waals surface area (Å²) in [6.45, 7) is 5.68. The molecule has 0 radical (unpaired) electrons. The highest BCUT2D eigenvalue weighted by Crippen LogP contribution is 2.34. The van der Waals surface area contributed by atoms with E-state index in [2.05, 4.69) is 15.3 Å². The third-order valence-electron chi connectivity index (χ3n) is 4.28. The first-order chi connectivity index (χ1) is 13.1. The number of amides is 2. The molecule has 8 nitrogen and oxygen atoms in total. The number of aromatic amines is 1. The first kappa shape index (κ1) is 20.3. The molecule has 0 unspecified atom stereocenters. The minimum atomic E-state index is -0.637. The van der Waals surface area contributed by atoms with E-state index in [1.807, 2.05) is 13.8 Å². The molecule has 0 atom stereocenters. The van der Waals surface area contributed by atoms with Crippen LogP contribution in [0.2, 0.25) is 0 Å². The maximum absolute atomic E-state index is 12.6. The molecule has 0 bridgehead atoms. The average Bonchev–Trinajstić information content (AvgIpc) is 2.90. The van der Waals surface area contributed by atoms with Gasteiger partial charge in [-0.1, -0.05) is 25.2 Å². The number of aryl methyl sites for hydroxylation is 1. The van der Waals surface area contributed by atoms with Gasteiger partial charge in [0.1, 0.15) is 5.56 Å². The number of thiazole rings is 1. The number of anilines is 1. The first-order valence-electron chi connectivity index (χ1n) is 8.55. The summed E-state index contributed by atoms with van der Waals surface area (Å²) in [6, 6.07) is 1.37. The minimum absolute atomic E-state index is 0.0909. The second-order valence-corrected chi connectivity index (χ2v) is 9.69. The van der Waals surface area contributed by atoms with Crippen molar-refractivity contribution in [3.8, 4) is 0 Å². The Morgan fingerprint density at radius 3 is 2.75 bits per heavy atom. The topological polar surface area (TPSA) is 135 Å². The second-order valence-electron chi connectivity index (χ2n) is 7.45. The van der Waals surface area contributed by atoms with Gasteiger partial charge in [-0.15, -0.1) is 11.8 Å². The second kappa shape index (κ2) is 7.51. The van der Waals surface area contributed by atoms with Gasteiger partial charge < -0.3 is 10.7 Å². The molecule has 0 spiro atoms. The van der Waals surface area contributed by atoms with Crippen molar-refractivity contribution >= 4 is 45.8 Å². The number of fused-ring (bicyclic) bond motifs is 1. The van der Waals surface area contributed by atoms with Gasteiger partial charge in [-0.2, -0.15) is 0 Å². The Morgan fingerprint density at radius 2 is 2.07 bits per heavy atom. The van der Waals surface area contributed by atoms with E-state index in [4.69, 9.17) is 5.73 Å². The summed E-state index contributed by atoms with van der Waals surface area (Å²) in [5.74, 6) is -1.06. The van der Waals surface area contributed by atoms with Crippen molar-refractivity contribution in [2.24, 2.45) is 11.1 Å². The minimum Gasteiger partial charge on any atom is -0.369 e. The normalized spacial score (nSPS) is 15.2. The molecule has 4 N–H and O–H groups in total. The Balaban J connectivity index is 1.83. The van der Waals surface area contributed by atoms with Gasteiger partial charge in [0.2, 0.25) is 5.91 Å². The SMILES string of the molecule is Cc1nc(NC(=O)c2cc3c([nH]c2=O)CC(C)(C)CC3=O)sc1SCC(N)=O. The van der Waals surface area contributed by atoms with Crippen LogP contribution in [-0.4, -0.2) is 33.3 Å². The number of carbonyl (C=O) groups is 3. The van der Waals surface area contributed by atoms with E-state index in [0.29, 0.717) is 34.9 Å². The Morgan fingerprint density at radius 1 is 1.36 bits per heavy atom. The van der Waals surface area contributed by atoms with E-state index in [9.17, 15) is 19.2 Å². The molecular formula is C18H20N4O4S2. The summed E-state index contributed by atoms with van der Waals surface area (Å²) in [4.78, 5) is 55.2. The van der Waals surface area contributed by atoms with E-state index in [0.717, 1.165) is 4.21 Å². The van der Waals surface area contributed by atoms with E-state index in [1.165, 1.54) is 29.2 Å². The number of aromatic nitrogens is 2. The highest BCUT2D eigenvalue weighted by molar-refractivity contribution is 8.01. The number of nitrogens with two attached hydrogens (primary N) is 1. The van der Waals surface area contributed by atoms with E-state index < -0.39 is 17.4 Å². The molecular weight excluding hydrogens is 400 g/mol. The summed E-state index contributed by atoms with van der Waals surface area (Å²) < 4.78 is 0.755. The van der Waals surface area contributed by atoms with E-state index >= 15 is 0 Å². The van der Waals surface area contributed by atoms with Crippen molar-refractivity contribution < 1.29 is 14.4 Å². The number of pyridine rings is 1. The molecule has 0 fully saturated rings. The lowest BCUT2D eigenvalue weighted by Gasteiger charge is -2.29. The molecule has 148 valence electrons. The molecule has 0 saturated carbocycles. The zero-order valence-corrected chi connectivity index (χ0v) is 17.3. The highest BCUT2D eigenvalue weighted by atomic mass is 32.2. The number of nitrogens with zero attached hydrogens (tertiary/aromatic N) is 1. The molecule has 0 aliphatic heterocycles. The standard InChI is InChI=1S/C18H20N4O4S2/c1-8-16(27-7-13(19)24)28-17(20-8)22-15(26)10-4-9-11(21-14(10)25)5-18(2,3)6-12(9)23/h4H,5-7H2,1-3H3,(H2,19,24)(H,21,25)(H,20,22,26). The number of ketones is 1. The molecule has 0 saturated heterocycles. The summed E-state index contributed by atoms with van der Waals surface area (Å²) in [6.07, 6.45) is 0.927. The smallest absolute Gasteiger partial charge is 0.263 e. The molecule has 2 aromatic heterocycles. The predicted molar refractivity (Wildman–Crippen MR) is 108 cm³/mol. The lowest BCUT2D eigenvalue weighted by molar-refractivity contribution is -0.115. The molecule has 3 rings (SSSR count). The number of primary amides is 1. The Labute approximate surface area is 169 Å². The van der Waals surface area contributed by atoms with Crippen LogP contribution in [0.4, 0.5) is 5.13 Å². The third kappa shape index (κ3) is 4.33. The van der Waals surface area contributed by atoms with Crippen molar-refractivity contribution in [3.63, 3.8) is 0 Å². The third-order valence-corrected chi connectivity index (χ3v) is 6.74. The monoisotopic (exact) mass is 420 g/mol. The summed E-state index contributed by atoms with van der Waals surface area (Å²) in [7, 11) is 0. The molecule has 10 heteroatoms. The predicted octanol–water partition coefficient (Wildman–Crippen LogP) is 2.12. The number of hydrogen-bond acceptors (Lipinski definition) is 7. The van der Waals surface area contributed by atoms with Crippen LogP contribution < -0.4 is 16.6 Å². The molecule has 2 aromatic rings. The molecule has 1 aliphatic carbocycles. The molecule has 2 heterocycles. The maximum atomic E-state index is 12.6. The van der Waals surface area contributed by atoms with Crippen molar-refractivity contribution in [2.75, 3.05) is 11.1 Å². The van der Waals surface area contributed by atoms with Crippen LogP contribution in [0, 0.1) is 12.3 Å². The fraction of sp³-hybridized carbons (Fsp3) is 0.389. The summed E-state index contributed by atoms with van der Waals surface area (Å²) in [5.41, 5.74) is 5.85. The summed E-state index contributed by atoms with van der Waals surface area (Å²) >= 11 is 2.43. The number of H-pyrrole nitrogens is 1. The Kier molecular flexibility index (Phi) is 5.44. The van der Waals surface area contributed by atoms with Gasteiger partial charge in [0.25, 0.3) is 11.5 Å². The lowest BCUT2D eigenvalue weighted by atomic mass is 9.75. The Bertz CT molecular complexity index is 1040. The van der Waals surface area contributed by atoms with Crippen molar-refractivity contribution in [2.45, 2.75) is 37.8 Å². The van der Waals surface area contributed by atoms with Crippen LogP contribution >= 0.6 is 23.1 Å². The van der Waals surface area contributed by atoms with Gasteiger partial charge in [0, 0.05) is 17.7 Å². The van der Waals surface area contributed by atoms with Gasteiger partial charge in [-0.3, -0.25) is 24.5 Å². The molecule has 0 aromatic carbocycles. The fourth-order valence-electron chi connectivity index (χ4n) is 3.07. The average molecular weight is 421 g/mol. The van der Waals surface area contributed by atoms with Crippen LogP contribution in [0.25, 0.3) is 0 Å². The van der Waals surface area contributed by atoms with E-state index in [-0.39, 0.29) is 22.5 Å². The molecule has 28 heavy (non-hydrogen) atoms.